The summed E-state index contributed by atoms with van der Waals surface area (Å²) >= 11 is 0. The van der Waals surface area contributed by atoms with Gasteiger partial charge in [0.05, 0.1) is 18.3 Å². The predicted octanol–water partition coefficient (Wildman–Crippen LogP) is 4.36. The lowest BCUT2D eigenvalue weighted by atomic mass is 10.00. The van der Waals surface area contributed by atoms with Crippen molar-refractivity contribution >= 4 is 16.7 Å². The quantitative estimate of drug-likeness (QED) is 0.533. The van der Waals surface area contributed by atoms with Gasteiger partial charge < -0.3 is 10.6 Å². The SMILES string of the molecule is CCNC(=NCc1ncccc1C)NC(C)c1cccc2ccccc12. The Bertz CT molecular complexity index is 896. The number of hydrogen-bond donors (Lipinski definition) is 2. The first-order valence-electron chi connectivity index (χ1n) is 9.12. The number of rotatable bonds is 5. The molecule has 0 radical (unpaired) electrons. The third-order valence-electron chi connectivity index (χ3n) is 4.49. The fourth-order valence-corrected chi connectivity index (χ4v) is 3.07. The zero-order chi connectivity index (χ0) is 18.4. The summed E-state index contributed by atoms with van der Waals surface area (Å²) in [5, 5.41) is 9.38. The monoisotopic (exact) mass is 346 g/mol. The summed E-state index contributed by atoms with van der Waals surface area (Å²) in [5.74, 6) is 0.804. The topological polar surface area (TPSA) is 49.3 Å². The Balaban J connectivity index is 1.80. The van der Waals surface area contributed by atoms with E-state index in [4.69, 9.17) is 4.99 Å². The summed E-state index contributed by atoms with van der Waals surface area (Å²) in [6.07, 6.45) is 1.82. The second-order valence-corrected chi connectivity index (χ2v) is 6.40. The molecule has 4 nitrogen and oxygen atoms in total. The van der Waals surface area contributed by atoms with Crippen LogP contribution < -0.4 is 10.6 Å². The molecule has 0 saturated carbocycles. The molecule has 1 aromatic heterocycles. The van der Waals surface area contributed by atoms with E-state index in [0.29, 0.717) is 6.54 Å². The molecule has 2 aromatic carbocycles. The molecule has 0 saturated heterocycles. The molecule has 0 spiro atoms. The van der Waals surface area contributed by atoms with Crippen LogP contribution in [0.5, 0.6) is 0 Å². The average molecular weight is 346 g/mol. The number of fused-ring (bicyclic) bond motifs is 1. The summed E-state index contributed by atoms with van der Waals surface area (Å²) in [7, 11) is 0. The summed E-state index contributed by atoms with van der Waals surface area (Å²) in [4.78, 5) is 9.15. The van der Waals surface area contributed by atoms with Crippen molar-refractivity contribution in [3.8, 4) is 0 Å². The Morgan fingerprint density at radius 2 is 1.88 bits per heavy atom. The molecule has 3 rings (SSSR count). The molecule has 3 aromatic rings. The molecule has 2 N–H and O–H groups in total. The van der Waals surface area contributed by atoms with E-state index in [-0.39, 0.29) is 6.04 Å². The van der Waals surface area contributed by atoms with Crippen LogP contribution in [0, 0.1) is 6.92 Å². The van der Waals surface area contributed by atoms with Crippen LogP contribution in [0.4, 0.5) is 0 Å². The standard InChI is InChI=1S/C22H26N4/c1-4-23-22(25-15-21-16(2)9-8-14-24-21)26-17(3)19-13-7-11-18-10-5-6-12-20(18)19/h5-14,17H,4,15H2,1-3H3,(H2,23,25,26). The maximum absolute atomic E-state index is 4.72. The van der Waals surface area contributed by atoms with Crippen molar-refractivity contribution in [3.63, 3.8) is 0 Å². The fraction of sp³-hybridized carbons (Fsp3) is 0.273. The Morgan fingerprint density at radius 1 is 1.08 bits per heavy atom. The highest BCUT2D eigenvalue weighted by atomic mass is 15.2. The summed E-state index contributed by atoms with van der Waals surface area (Å²) in [5.41, 5.74) is 3.43. The molecule has 1 heterocycles. The zero-order valence-corrected chi connectivity index (χ0v) is 15.7. The molecule has 0 aliphatic carbocycles. The second kappa shape index (κ2) is 8.48. The smallest absolute Gasteiger partial charge is 0.192 e. The number of hydrogen-bond acceptors (Lipinski definition) is 2. The van der Waals surface area contributed by atoms with Crippen LogP contribution in [0.25, 0.3) is 10.8 Å². The summed E-state index contributed by atoms with van der Waals surface area (Å²) < 4.78 is 0. The fourth-order valence-electron chi connectivity index (χ4n) is 3.07. The number of aryl methyl sites for hydroxylation is 1. The van der Waals surface area contributed by atoms with Crippen molar-refractivity contribution in [1.82, 2.24) is 15.6 Å². The first-order chi connectivity index (χ1) is 12.7. The molecular formula is C22H26N4. The molecule has 0 fully saturated rings. The number of aromatic nitrogens is 1. The van der Waals surface area contributed by atoms with Crippen LogP contribution in [0.15, 0.2) is 65.8 Å². The van der Waals surface area contributed by atoms with Crippen LogP contribution in [0.3, 0.4) is 0 Å². The highest BCUT2D eigenvalue weighted by Crippen LogP contribution is 2.23. The van der Waals surface area contributed by atoms with Crippen molar-refractivity contribution in [3.05, 3.63) is 77.6 Å². The van der Waals surface area contributed by atoms with E-state index in [1.807, 2.05) is 12.3 Å². The Morgan fingerprint density at radius 3 is 2.69 bits per heavy atom. The third-order valence-corrected chi connectivity index (χ3v) is 4.49. The highest BCUT2D eigenvalue weighted by molar-refractivity contribution is 5.87. The van der Waals surface area contributed by atoms with Crippen LogP contribution in [0.1, 0.15) is 36.7 Å². The molecule has 1 unspecified atom stereocenters. The minimum Gasteiger partial charge on any atom is -0.357 e. The number of nitrogens with one attached hydrogen (secondary N) is 2. The first kappa shape index (κ1) is 17.9. The maximum Gasteiger partial charge on any atom is 0.192 e. The molecule has 4 heteroatoms. The Labute approximate surface area is 155 Å². The lowest BCUT2D eigenvalue weighted by molar-refractivity contribution is 0.690. The van der Waals surface area contributed by atoms with Crippen molar-refractivity contribution < 1.29 is 0 Å². The number of guanidine groups is 1. The van der Waals surface area contributed by atoms with Gasteiger partial charge in [0.15, 0.2) is 5.96 Å². The second-order valence-electron chi connectivity index (χ2n) is 6.40. The molecule has 0 aliphatic rings. The molecular weight excluding hydrogens is 320 g/mol. The average Bonchev–Trinajstić information content (AvgIpc) is 2.67. The van der Waals surface area contributed by atoms with Gasteiger partial charge in [-0.05, 0) is 48.7 Å². The van der Waals surface area contributed by atoms with Crippen molar-refractivity contribution in [2.24, 2.45) is 4.99 Å². The normalized spacial score (nSPS) is 12.8. The van der Waals surface area contributed by atoms with E-state index in [9.17, 15) is 0 Å². The number of nitrogens with zero attached hydrogens (tertiary/aromatic N) is 2. The van der Waals surface area contributed by atoms with Crippen LogP contribution in [0.2, 0.25) is 0 Å². The predicted molar refractivity (Wildman–Crippen MR) is 109 cm³/mol. The lowest BCUT2D eigenvalue weighted by Gasteiger charge is -2.20. The van der Waals surface area contributed by atoms with E-state index < -0.39 is 0 Å². The molecule has 0 aliphatic heterocycles. The Hall–Kier alpha value is -2.88. The number of aliphatic imine (C=N–C) groups is 1. The third kappa shape index (κ3) is 4.20. The minimum absolute atomic E-state index is 0.142. The van der Waals surface area contributed by atoms with Crippen LogP contribution in [-0.4, -0.2) is 17.5 Å². The van der Waals surface area contributed by atoms with Gasteiger partial charge in [-0.2, -0.15) is 0 Å². The Kier molecular flexibility index (Phi) is 5.84. The lowest BCUT2D eigenvalue weighted by Crippen LogP contribution is -2.38. The minimum atomic E-state index is 0.142. The van der Waals surface area contributed by atoms with Gasteiger partial charge in [0, 0.05) is 12.7 Å². The first-order valence-corrected chi connectivity index (χ1v) is 9.12. The number of benzene rings is 2. The van der Waals surface area contributed by atoms with E-state index in [0.717, 1.165) is 23.8 Å². The zero-order valence-electron chi connectivity index (χ0n) is 15.7. The largest absolute Gasteiger partial charge is 0.357 e. The van der Waals surface area contributed by atoms with E-state index in [1.165, 1.54) is 16.3 Å². The highest BCUT2D eigenvalue weighted by Gasteiger charge is 2.11. The molecule has 26 heavy (non-hydrogen) atoms. The van der Waals surface area contributed by atoms with Gasteiger partial charge in [-0.15, -0.1) is 0 Å². The van der Waals surface area contributed by atoms with Crippen molar-refractivity contribution in [1.29, 1.82) is 0 Å². The van der Waals surface area contributed by atoms with Gasteiger partial charge in [-0.25, -0.2) is 4.99 Å². The van der Waals surface area contributed by atoms with E-state index >= 15 is 0 Å². The van der Waals surface area contributed by atoms with Gasteiger partial charge in [-0.3, -0.25) is 4.98 Å². The van der Waals surface area contributed by atoms with Gasteiger partial charge in [-0.1, -0.05) is 48.5 Å². The molecule has 134 valence electrons. The number of pyridine rings is 1. The van der Waals surface area contributed by atoms with Crippen molar-refractivity contribution in [2.75, 3.05) is 6.54 Å². The summed E-state index contributed by atoms with van der Waals surface area (Å²) in [6.45, 7) is 7.68. The molecule has 0 bridgehead atoms. The van der Waals surface area contributed by atoms with Gasteiger partial charge in [0.2, 0.25) is 0 Å². The van der Waals surface area contributed by atoms with Crippen LogP contribution in [-0.2, 0) is 6.54 Å². The van der Waals surface area contributed by atoms with Gasteiger partial charge in [0.1, 0.15) is 0 Å². The van der Waals surface area contributed by atoms with Crippen molar-refractivity contribution in [2.45, 2.75) is 33.4 Å². The maximum atomic E-state index is 4.72. The van der Waals surface area contributed by atoms with Crippen LogP contribution >= 0.6 is 0 Å². The van der Waals surface area contributed by atoms with E-state index in [1.54, 1.807) is 0 Å². The van der Waals surface area contributed by atoms with Gasteiger partial charge >= 0.3 is 0 Å². The van der Waals surface area contributed by atoms with Gasteiger partial charge in [0.25, 0.3) is 0 Å². The summed E-state index contributed by atoms with van der Waals surface area (Å²) in [6, 6.07) is 19.1. The molecule has 1 atom stereocenters. The molecule has 0 amide bonds. The van der Waals surface area contributed by atoms with E-state index in [2.05, 4.69) is 84.9 Å².